The van der Waals surface area contributed by atoms with Crippen molar-refractivity contribution >= 4 is 18.0 Å². The van der Waals surface area contributed by atoms with Crippen LogP contribution in [0.4, 0.5) is 4.39 Å². The number of amides is 1. The number of hydrogen-bond acceptors (Lipinski definition) is 5. The molecule has 1 unspecified atom stereocenters. The lowest BCUT2D eigenvalue weighted by Gasteiger charge is -2.27. The van der Waals surface area contributed by atoms with Gasteiger partial charge < -0.3 is 10.1 Å². The summed E-state index contributed by atoms with van der Waals surface area (Å²) >= 11 is 0. The topological polar surface area (TPSA) is 97.0 Å². The van der Waals surface area contributed by atoms with Crippen LogP contribution in [-0.4, -0.2) is 33.8 Å². The second kappa shape index (κ2) is 9.35. The van der Waals surface area contributed by atoms with Crippen LogP contribution in [0, 0.1) is 36.9 Å². The summed E-state index contributed by atoms with van der Waals surface area (Å²) in [6.07, 6.45) is 2.77. The summed E-state index contributed by atoms with van der Waals surface area (Å²) in [6.45, 7) is 8.38. The van der Waals surface area contributed by atoms with Gasteiger partial charge in [-0.3, -0.25) is 4.79 Å². The molecule has 1 atom stereocenters. The summed E-state index contributed by atoms with van der Waals surface area (Å²) in [5.41, 5.74) is 1.82. The Labute approximate surface area is 175 Å². The van der Waals surface area contributed by atoms with Gasteiger partial charge in [-0.1, -0.05) is 13.8 Å². The van der Waals surface area contributed by atoms with Gasteiger partial charge in [-0.15, -0.1) is 0 Å². The molecule has 1 heterocycles. The Morgan fingerprint density at radius 3 is 2.53 bits per heavy atom. The average Bonchev–Trinajstić information content (AvgIpc) is 2.98. The lowest BCUT2D eigenvalue weighted by molar-refractivity contribution is -0.144. The van der Waals surface area contributed by atoms with Crippen LogP contribution >= 0.6 is 0 Å². The summed E-state index contributed by atoms with van der Waals surface area (Å²) in [7, 11) is 0. The minimum absolute atomic E-state index is 0.106. The van der Waals surface area contributed by atoms with Crippen molar-refractivity contribution in [1.29, 1.82) is 5.26 Å². The first-order valence-corrected chi connectivity index (χ1v) is 9.46. The maximum absolute atomic E-state index is 13.1. The average molecular weight is 412 g/mol. The second-order valence-corrected chi connectivity index (χ2v) is 7.43. The van der Waals surface area contributed by atoms with Crippen LogP contribution in [0.5, 0.6) is 0 Å². The Kier molecular flexibility index (Phi) is 7.11. The number of aromatic nitrogens is 2. The van der Waals surface area contributed by atoms with Crippen molar-refractivity contribution in [2.45, 2.75) is 40.2 Å². The van der Waals surface area contributed by atoms with Crippen LogP contribution in [0.15, 0.2) is 30.3 Å². The molecule has 0 aliphatic rings. The van der Waals surface area contributed by atoms with E-state index in [0.29, 0.717) is 11.4 Å². The van der Waals surface area contributed by atoms with Crippen molar-refractivity contribution in [2.24, 2.45) is 5.92 Å². The van der Waals surface area contributed by atoms with E-state index in [2.05, 4.69) is 16.5 Å². The molecule has 7 nitrogen and oxygen atoms in total. The van der Waals surface area contributed by atoms with Crippen molar-refractivity contribution in [1.82, 2.24) is 15.1 Å². The van der Waals surface area contributed by atoms with E-state index in [1.807, 2.05) is 20.8 Å². The van der Waals surface area contributed by atoms with E-state index in [0.717, 1.165) is 11.3 Å². The third-order valence-corrected chi connectivity index (χ3v) is 4.94. The maximum Gasteiger partial charge on any atom is 0.331 e. The molecule has 30 heavy (non-hydrogen) atoms. The normalized spacial score (nSPS) is 13.1. The highest BCUT2D eigenvalue weighted by Crippen LogP contribution is 2.19. The maximum atomic E-state index is 13.1. The molecule has 2 aromatic rings. The van der Waals surface area contributed by atoms with E-state index in [4.69, 9.17) is 4.74 Å². The zero-order valence-electron chi connectivity index (χ0n) is 17.7. The number of aryl methyl sites for hydroxylation is 1. The quantitative estimate of drug-likeness (QED) is 0.556. The molecule has 2 rings (SSSR count). The summed E-state index contributed by atoms with van der Waals surface area (Å²) in [6, 6.07) is 7.98. The van der Waals surface area contributed by atoms with E-state index in [1.165, 1.54) is 18.2 Å². The van der Waals surface area contributed by atoms with Crippen LogP contribution in [0.1, 0.15) is 37.7 Å². The zero-order valence-corrected chi connectivity index (χ0v) is 17.7. The van der Waals surface area contributed by atoms with Gasteiger partial charge in [0.05, 0.1) is 17.5 Å². The first-order valence-electron chi connectivity index (χ1n) is 9.46. The van der Waals surface area contributed by atoms with Gasteiger partial charge in [0, 0.05) is 17.3 Å². The number of nitrogens with one attached hydrogen (secondary N) is 1. The molecule has 1 aromatic heterocycles. The number of rotatable bonds is 7. The van der Waals surface area contributed by atoms with Gasteiger partial charge in [0.25, 0.3) is 5.91 Å². The van der Waals surface area contributed by atoms with Gasteiger partial charge in [-0.2, -0.15) is 10.4 Å². The molecule has 0 spiro atoms. The largest absolute Gasteiger partial charge is 0.452 e. The number of benzene rings is 1. The summed E-state index contributed by atoms with van der Waals surface area (Å²) in [5.74, 6) is -1.69. The number of nitrogens with zero attached hydrogens (tertiary/aromatic N) is 3. The molecule has 0 radical (unpaired) electrons. The molecule has 1 amide bonds. The molecule has 1 N–H and O–H groups in total. The van der Waals surface area contributed by atoms with Crippen molar-refractivity contribution in [2.75, 3.05) is 6.61 Å². The Morgan fingerprint density at radius 1 is 1.33 bits per heavy atom. The van der Waals surface area contributed by atoms with Crippen LogP contribution in [-0.2, 0) is 14.3 Å². The number of nitriles is 1. The smallest absolute Gasteiger partial charge is 0.331 e. The Bertz CT molecular complexity index is 1000. The number of esters is 1. The number of carbonyl (C=O) groups excluding carboxylic acids is 2. The lowest BCUT2D eigenvalue weighted by atomic mass is 9.90. The molecule has 158 valence electrons. The van der Waals surface area contributed by atoms with Crippen molar-refractivity contribution in [3.8, 4) is 11.8 Å². The molecule has 0 saturated carbocycles. The number of ether oxygens (including phenoxy) is 1. The molecule has 8 heteroatoms. The molecular formula is C22H25FN4O3. The van der Waals surface area contributed by atoms with Gasteiger partial charge in [-0.05, 0) is 57.0 Å². The van der Waals surface area contributed by atoms with Crippen LogP contribution in [0.2, 0.25) is 0 Å². The van der Waals surface area contributed by atoms with Crippen LogP contribution in [0.3, 0.4) is 0 Å². The third kappa shape index (κ3) is 5.32. The third-order valence-electron chi connectivity index (χ3n) is 4.94. The van der Waals surface area contributed by atoms with Crippen LogP contribution < -0.4 is 5.32 Å². The van der Waals surface area contributed by atoms with Crippen molar-refractivity contribution < 1.29 is 18.7 Å². The van der Waals surface area contributed by atoms with Crippen molar-refractivity contribution in [3.63, 3.8) is 0 Å². The highest BCUT2D eigenvalue weighted by atomic mass is 19.1. The second-order valence-electron chi connectivity index (χ2n) is 7.43. The van der Waals surface area contributed by atoms with Gasteiger partial charge in [-0.25, -0.2) is 13.9 Å². The summed E-state index contributed by atoms with van der Waals surface area (Å²) in [4.78, 5) is 24.0. The number of carbonyl (C=O) groups is 2. The molecule has 0 aliphatic heterocycles. The van der Waals surface area contributed by atoms with E-state index in [9.17, 15) is 19.2 Å². The first-order chi connectivity index (χ1) is 14.1. The minimum atomic E-state index is -1.04. The highest BCUT2D eigenvalue weighted by molar-refractivity contribution is 5.89. The predicted octanol–water partition coefficient (Wildman–Crippen LogP) is 3.24. The Morgan fingerprint density at radius 2 is 1.97 bits per heavy atom. The SMILES string of the molecule is Cc1nn(-c2ccc(F)cc2)c(C)c1C=CC(=O)OCC(=O)NC(C)(C#N)C(C)C. The van der Waals surface area contributed by atoms with E-state index >= 15 is 0 Å². The molecule has 0 aliphatic carbocycles. The zero-order chi connectivity index (χ0) is 22.5. The molecule has 0 bridgehead atoms. The van der Waals surface area contributed by atoms with E-state index in [-0.39, 0.29) is 11.7 Å². The minimum Gasteiger partial charge on any atom is -0.452 e. The first kappa shape index (κ1) is 22.8. The van der Waals surface area contributed by atoms with Gasteiger partial charge in [0.15, 0.2) is 6.61 Å². The fourth-order valence-corrected chi connectivity index (χ4v) is 2.69. The Balaban J connectivity index is 2.03. The molecule has 0 saturated heterocycles. The summed E-state index contributed by atoms with van der Waals surface area (Å²) in [5, 5.41) is 16.2. The molecule has 0 fully saturated rings. The van der Waals surface area contributed by atoms with E-state index < -0.39 is 24.0 Å². The fraction of sp³-hybridized carbons (Fsp3) is 0.364. The lowest BCUT2D eigenvalue weighted by Crippen LogP contribution is -2.50. The van der Waals surface area contributed by atoms with E-state index in [1.54, 1.807) is 36.7 Å². The molecule has 1 aromatic carbocycles. The molecular weight excluding hydrogens is 387 g/mol. The highest BCUT2D eigenvalue weighted by Gasteiger charge is 2.30. The van der Waals surface area contributed by atoms with Crippen molar-refractivity contribution in [3.05, 3.63) is 53.1 Å². The van der Waals surface area contributed by atoms with Gasteiger partial charge in [0.2, 0.25) is 0 Å². The number of halogens is 1. The number of hydrogen-bond donors (Lipinski definition) is 1. The summed E-state index contributed by atoms with van der Waals surface area (Å²) < 4.78 is 19.8. The predicted molar refractivity (Wildman–Crippen MR) is 110 cm³/mol. The standard InChI is InChI=1S/C22H25FN4O3/c1-14(2)22(5,13-24)25-20(28)12-30-21(29)11-10-19-15(3)26-27(16(19)4)18-8-6-17(23)7-9-18/h6-11,14H,12H2,1-5H3,(H,25,28). The van der Waals surface area contributed by atoms with Gasteiger partial charge in [0.1, 0.15) is 11.4 Å². The van der Waals surface area contributed by atoms with Gasteiger partial charge >= 0.3 is 5.97 Å². The fourth-order valence-electron chi connectivity index (χ4n) is 2.69. The van der Waals surface area contributed by atoms with Crippen LogP contribution in [0.25, 0.3) is 11.8 Å². The Hall–Kier alpha value is -3.47. The monoisotopic (exact) mass is 412 g/mol.